The van der Waals surface area contributed by atoms with E-state index in [0.717, 1.165) is 62.9 Å². The van der Waals surface area contributed by atoms with Crippen molar-refractivity contribution in [2.24, 2.45) is 5.73 Å². The summed E-state index contributed by atoms with van der Waals surface area (Å²) in [4.78, 5) is 22.6. The second-order valence-electron chi connectivity index (χ2n) is 9.61. The monoisotopic (exact) mass is 504 g/mol. The molecular formula is C31H28N4OS. The van der Waals surface area contributed by atoms with Gasteiger partial charge in [-0.3, -0.25) is 9.78 Å². The largest absolute Gasteiger partial charge is 0.369 e. The molecule has 6 heteroatoms. The van der Waals surface area contributed by atoms with Crippen LogP contribution in [0.5, 0.6) is 0 Å². The van der Waals surface area contributed by atoms with Gasteiger partial charge in [-0.2, -0.15) is 0 Å². The third-order valence-corrected chi connectivity index (χ3v) is 8.37. The van der Waals surface area contributed by atoms with E-state index in [0.29, 0.717) is 6.42 Å². The van der Waals surface area contributed by atoms with E-state index in [4.69, 9.17) is 10.7 Å². The number of imidazole rings is 1. The van der Waals surface area contributed by atoms with Gasteiger partial charge in [-0.15, -0.1) is 0 Å². The van der Waals surface area contributed by atoms with Crippen LogP contribution in [0.25, 0.3) is 22.2 Å². The molecule has 0 spiro atoms. The maximum atomic E-state index is 13.2. The van der Waals surface area contributed by atoms with Crippen molar-refractivity contribution in [3.8, 4) is 11.1 Å². The zero-order chi connectivity index (χ0) is 25.4. The van der Waals surface area contributed by atoms with Crippen LogP contribution in [-0.4, -0.2) is 20.4 Å². The molecule has 0 unspecified atom stereocenters. The lowest BCUT2D eigenvalue weighted by atomic mass is 9.74. The highest BCUT2D eigenvalue weighted by Crippen LogP contribution is 2.51. The number of carbonyl (C=O) groups is 1. The molecule has 0 fully saturated rings. The van der Waals surface area contributed by atoms with Gasteiger partial charge >= 0.3 is 0 Å². The quantitative estimate of drug-likeness (QED) is 0.253. The number of aromatic nitrogens is 3. The first-order valence-electron chi connectivity index (χ1n) is 12.6. The summed E-state index contributed by atoms with van der Waals surface area (Å²) in [6.07, 6.45) is 3.23. The van der Waals surface area contributed by atoms with Crippen molar-refractivity contribution >= 4 is 28.7 Å². The Bertz CT molecular complexity index is 1560. The third-order valence-electron chi connectivity index (χ3n) is 7.36. The van der Waals surface area contributed by atoms with Gasteiger partial charge in [-0.05, 0) is 71.8 Å². The Hall–Kier alpha value is -3.90. The number of pyridine rings is 1. The molecule has 0 atom stereocenters. The number of rotatable bonds is 8. The lowest BCUT2D eigenvalue weighted by molar-refractivity contribution is -0.122. The van der Waals surface area contributed by atoms with E-state index in [1.807, 2.05) is 48.7 Å². The highest BCUT2D eigenvalue weighted by atomic mass is 32.2. The summed E-state index contributed by atoms with van der Waals surface area (Å²) in [7, 11) is 0. The summed E-state index contributed by atoms with van der Waals surface area (Å²) in [5, 5.41) is 0.964. The molecule has 1 amide bonds. The minimum absolute atomic E-state index is 0.291. The normalized spacial score (nSPS) is 13.4. The zero-order valence-electron chi connectivity index (χ0n) is 20.7. The van der Waals surface area contributed by atoms with Crippen LogP contribution in [0.2, 0.25) is 0 Å². The number of nitrogens with two attached hydrogens (primary N) is 1. The van der Waals surface area contributed by atoms with Crippen molar-refractivity contribution in [2.75, 3.05) is 0 Å². The first-order chi connectivity index (χ1) is 18.1. The molecule has 5 nitrogen and oxygen atoms in total. The number of carbonyl (C=O) groups excluding carboxylic acids is 1. The molecule has 3 aromatic carbocycles. The number of thioether (sulfide) groups is 1. The van der Waals surface area contributed by atoms with Gasteiger partial charge in [0.2, 0.25) is 5.91 Å². The molecule has 5 aromatic rings. The summed E-state index contributed by atoms with van der Waals surface area (Å²) >= 11 is 1.69. The van der Waals surface area contributed by atoms with Crippen LogP contribution in [0.4, 0.5) is 0 Å². The van der Waals surface area contributed by atoms with Crippen molar-refractivity contribution in [2.45, 2.75) is 42.6 Å². The van der Waals surface area contributed by atoms with Gasteiger partial charge in [-0.25, -0.2) is 4.98 Å². The predicted octanol–water partition coefficient (Wildman–Crippen LogP) is 6.26. The smallest absolute Gasteiger partial charge is 0.232 e. The Morgan fingerprint density at radius 2 is 1.65 bits per heavy atom. The van der Waals surface area contributed by atoms with Gasteiger partial charge in [0.05, 0.1) is 22.1 Å². The van der Waals surface area contributed by atoms with Crippen LogP contribution in [0.3, 0.4) is 0 Å². The van der Waals surface area contributed by atoms with Gasteiger partial charge in [0.15, 0.2) is 5.16 Å². The molecule has 2 heterocycles. The highest BCUT2D eigenvalue weighted by molar-refractivity contribution is 7.98. The van der Waals surface area contributed by atoms with Crippen LogP contribution in [0, 0.1) is 6.92 Å². The fourth-order valence-electron chi connectivity index (χ4n) is 5.64. The predicted molar refractivity (Wildman–Crippen MR) is 149 cm³/mol. The highest BCUT2D eigenvalue weighted by Gasteiger charge is 2.47. The minimum Gasteiger partial charge on any atom is -0.369 e. The fourth-order valence-corrected chi connectivity index (χ4v) is 6.60. The maximum Gasteiger partial charge on any atom is 0.232 e. The molecule has 2 aromatic heterocycles. The molecule has 184 valence electrons. The van der Waals surface area contributed by atoms with Crippen molar-refractivity contribution in [3.63, 3.8) is 0 Å². The van der Waals surface area contributed by atoms with E-state index in [1.165, 1.54) is 5.56 Å². The van der Waals surface area contributed by atoms with E-state index in [1.54, 1.807) is 11.8 Å². The first-order valence-corrected chi connectivity index (χ1v) is 13.6. The van der Waals surface area contributed by atoms with Crippen molar-refractivity contribution in [1.82, 2.24) is 14.5 Å². The average Bonchev–Trinajstić information content (AvgIpc) is 3.41. The molecule has 0 aliphatic heterocycles. The van der Waals surface area contributed by atoms with Crippen molar-refractivity contribution in [1.29, 1.82) is 0 Å². The molecule has 0 radical (unpaired) electrons. The van der Waals surface area contributed by atoms with Gasteiger partial charge in [-0.1, -0.05) is 72.4 Å². The van der Waals surface area contributed by atoms with Crippen LogP contribution in [0.15, 0.2) is 96.3 Å². The summed E-state index contributed by atoms with van der Waals surface area (Å²) in [6, 6.07) is 28.7. The average molecular weight is 505 g/mol. The molecule has 2 N–H and O–H groups in total. The number of amides is 1. The number of fused-ring (bicyclic) bond motifs is 4. The van der Waals surface area contributed by atoms with E-state index >= 15 is 0 Å². The molecule has 1 aliphatic carbocycles. The molecular weight excluding hydrogens is 476 g/mol. The number of aryl methyl sites for hydroxylation is 2. The number of hydrogen-bond acceptors (Lipinski definition) is 4. The molecule has 37 heavy (non-hydrogen) atoms. The number of primary amides is 1. The second kappa shape index (κ2) is 9.52. The number of hydrogen-bond donors (Lipinski definition) is 1. The van der Waals surface area contributed by atoms with Crippen LogP contribution >= 0.6 is 11.8 Å². The van der Waals surface area contributed by atoms with Crippen LogP contribution in [0.1, 0.15) is 35.2 Å². The second-order valence-corrected chi connectivity index (χ2v) is 10.6. The van der Waals surface area contributed by atoms with E-state index < -0.39 is 5.41 Å². The molecule has 1 aliphatic rings. The third kappa shape index (κ3) is 4.02. The Morgan fingerprint density at radius 1 is 0.946 bits per heavy atom. The lowest BCUT2D eigenvalue weighted by Gasteiger charge is -2.29. The summed E-state index contributed by atoms with van der Waals surface area (Å²) in [5.41, 5.74) is 13.9. The topological polar surface area (TPSA) is 73.8 Å². The Balaban J connectivity index is 1.33. The fraction of sp³-hybridized carbons (Fsp3) is 0.194. The van der Waals surface area contributed by atoms with Crippen molar-refractivity contribution < 1.29 is 4.79 Å². The van der Waals surface area contributed by atoms with Gasteiger partial charge < -0.3 is 10.3 Å². The SMILES string of the molecule is Cc1ccc2nc(SCc3ccccn3)n(CCCC3(C(N)=O)c4ccccc4-c4ccccc43)c2c1. The minimum atomic E-state index is -0.833. The van der Waals surface area contributed by atoms with E-state index in [2.05, 4.69) is 58.9 Å². The van der Waals surface area contributed by atoms with Gasteiger partial charge in [0, 0.05) is 18.5 Å². The standard InChI is InChI=1S/C31H28N4OS/c1-21-14-15-27-28(19-21)35(30(34-27)37-20-22-9-6-7-17-33-22)18-8-16-31(29(32)36)25-12-4-2-10-23(25)24-11-3-5-13-26(24)31/h2-7,9-15,17,19H,8,16,18,20H2,1H3,(H2,32,36). The molecule has 6 rings (SSSR count). The van der Waals surface area contributed by atoms with E-state index in [-0.39, 0.29) is 5.91 Å². The van der Waals surface area contributed by atoms with Gasteiger partial charge in [0.25, 0.3) is 0 Å². The van der Waals surface area contributed by atoms with Crippen LogP contribution in [-0.2, 0) is 22.5 Å². The summed E-state index contributed by atoms with van der Waals surface area (Å²) in [5.74, 6) is 0.454. The van der Waals surface area contributed by atoms with E-state index in [9.17, 15) is 4.79 Å². The van der Waals surface area contributed by atoms with Crippen LogP contribution < -0.4 is 5.73 Å². The number of benzene rings is 3. The summed E-state index contributed by atoms with van der Waals surface area (Å²) in [6.45, 7) is 2.84. The molecule has 0 saturated carbocycles. The van der Waals surface area contributed by atoms with Gasteiger partial charge in [0.1, 0.15) is 0 Å². The first kappa shape index (κ1) is 23.5. The number of nitrogens with zero attached hydrogens (tertiary/aromatic N) is 3. The lowest BCUT2D eigenvalue weighted by Crippen LogP contribution is -2.41. The Labute approximate surface area is 220 Å². The van der Waals surface area contributed by atoms with Crippen molar-refractivity contribution in [3.05, 3.63) is 114 Å². The Morgan fingerprint density at radius 3 is 2.32 bits per heavy atom. The maximum absolute atomic E-state index is 13.2. The zero-order valence-corrected chi connectivity index (χ0v) is 21.5. The summed E-state index contributed by atoms with van der Waals surface area (Å²) < 4.78 is 2.29. The Kier molecular flexibility index (Phi) is 6.05. The molecule has 0 bridgehead atoms. The molecule has 0 saturated heterocycles.